The first-order valence-electron chi connectivity index (χ1n) is 9.42. The van der Waals surface area contributed by atoms with Crippen LogP contribution in [0.25, 0.3) is 0 Å². The van der Waals surface area contributed by atoms with Crippen LogP contribution in [0.3, 0.4) is 0 Å². The van der Waals surface area contributed by atoms with Crippen LogP contribution in [0, 0.1) is 17.6 Å². The molecule has 0 radical (unpaired) electrons. The second-order valence-electron chi connectivity index (χ2n) is 7.41. The van der Waals surface area contributed by atoms with Crippen molar-refractivity contribution in [1.29, 1.82) is 0 Å². The second kappa shape index (κ2) is 8.51. The number of carbonyl (C=O) groups is 2. The fourth-order valence-electron chi connectivity index (χ4n) is 3.30. The van der Waals surface area contributed by atoms with Crippen molar-refractivity contribution in [2.24, 2.45) is 11.0 Å². The number of hydrogen-bond acceptors (Lipinski definition) is 3. The zero-order valence-corrected chi connectivity index (χ0v) is 16.6. The van der Waals surface area contributed by atoms with Crippen molar-refractivity contribution in [2.75, 3.05) is 13.6 Å². The summed E-state index contributed by atoms with van der Waals surface area (Å²) in [5.41, 5.74) is 2.07. The highest BCUT2D eigenvalue weighted by molar-refractivity contribution is 6.03. The van der Waals surface area contributed by atoms with Gasteiger partial charge in [-0.3, -0.25) is 9.59 Å². The van der Waals surface area contributed by atoms with E-state index in [1.165, 1.54) is 34.2 Å². The Balaban J connectivity index is 1.89. The lowest BCUT2D eigenvalue weighted by Crippen LogP contribution is -2.40. The molecule has 0 N–H and O–H groups in total. The summed E-state index contributed by atoms with van der Waals surface area (Å²) in [6, 6.07) is 11.4. The first-order valence-corrected chi connectivity index (χ1v) is 9.42. The highest BCUT2D eigenvalue weighted by atomic mass is 19.1. The third-order valence-electron chi connectivity index (χ3n) is 4.84. The Morgan fingerprint density at radius 2 is 1.62 bits per heavy atom. The molecule has 0 saturated carbocycles. The SMILES string of the molecule is CC(C)C(=O)N(C)CC(=O)N1N=C(c2ccc(F)cc2)C[C@@H]1c1ccc(F)cc1. The van der Waals surface area contributed by atoms with Crippen LogP contribution >= 0.6 is 0 Å². The van der Waals surface area contributed by atoms with Gasteiger partial charge in [0.15, 0.2) is 0 Å². The second-order valence-corrected chi connectivity index (χ2v) is 7.41. The lowest BCUT2D eigenvalue weighted by Gasteiger charge is -2.25. The lowest BCUT2D eigenvalue weighted by atomic mass is 9.98. The molecule has 3 rings (SSSR count). The third kappa shape index (κ3) is 4.67. The van der Waals surface area contributed by atoms with Gasteiger partial charge in [0.1, 0.15) is 18.2 Å². The third-order valence-corrected chi connectivity index (χ3v) is 4.84. The largest absolute Gasteiger partial charge is 0.336 e. The molecule has 29 heavy (non-hydrogen) atoms. The smallest absolute Gasteiger partial charge is 0.262 e. The molecule has 5 nitrogen and oxygen atoms in total. The molecule has 2 aromatic rings. The minimum Gasteiger partial charge on any atom is -0.336 e. The molecular formula is C22H23F2N3O2. The number of carbonyl (C=O) groups excluding carboxylic acids is 2. The highest BCUT2D eigenvalue weighted by Crippen LogP contribution is 2.33. The summed E-state index contributed by atoms with van der Waals surface area (Å²) in [6.45, 7) is 3.42. The van der Waals surface area contributed by atoms with Gasteiger partial charge in [0.25, 0.3) is 5.91 Å². The first kappa shape index (κ1) is 20.6. The topological polar surface area (TPSA) is 53.0 Å². The Hall–Kier alpha value is -3.09. The summed E-state index contributed by atoms with van der Waals surface area (Å²) >= 11 is 0. The number of nitrogens with zero attached hydrogens (tertiary/aromatic N) is 3. The van der Waals surface area contributed by atoms with Crippen LogP contribution in [0.4, 0.5) is 8.78 Å². The minimum absolute atomic E-state index is 0.116. The zero-order valence-electron chi connectivity index (χ0n) is 16.6. The summed E-state index contributed by atoms with van der Waals surface area (Å²) < 4.78 is 26.6. The van der Waals surface area contributed by atoms with E-state index in [-0.39, 0.29) is 35.9 Å². The molecule has 0 bridgehead atoms. The van der Waals surface area contributed by atoms with Crippen LogP contribution in [0.1, 0.15) is 37.4 Å². The van der Waals surface area contributed by atoms with Crippen molar-refractivity contribution >= 4 is 17.5 Å². The van der Waals surface area contributed by atoms with Crippen LogP contribution in [0.2, 0.25) is 0 Å². The quantitative estimate of drug-likeness (QED) is 0.769. The number of benzene rings is 2. The molecule has 1 aliphatic heterocycles. The molecule has 152 valence electrons. The van der Waals surface area contributed by atoms with E-state index in [4.69, 9.17) is 0 Å². The molecule has 7 heteroatoms. The van der Waals surface area contributed by atoms with Gasteiger partial charge in [-0.15, -0.1) is 0 Å². The fourth-order valence-corrected chi connectivity index (χ4v) is 3.30. The molecule has 0 unspecified atom stereocenters. The molecular weight excluding hydrogens is 376 g/mol. The number of halogens is 2. The molecule has 0 aromatic heterocycles. The van der Waals surface area contributed by atoms with Crippen molar-refractivity contribution in [3.63, 3.8) is 0 Å². The van der Waals surface area contributed by atoms with E-state index in [2.05, 4.69) is 5.10 Å². The van der Waals surface area contributed by atoms with Gasteiger partial charge in [-0.1, -0.05) is 38.1 Å². The van der Waals surface area contributed by atoms with Gasteiger partial charge in [-0.05, 0) is 35.4 Å². The highest BCUT2D eigenvalue weighted by Gasteiger charge is 2.34. The van der Waals surface area contributed by atoms with Crippen molar-refractivity contribution in [1.82, 2.24) is 9.91 Å². The summed E-state index contributed by atoms with van der Waals surface area (Å²) in [7, 11) is 1.58. The van der Waals surface area contributed by atoms with Crippen molar-refractivity contribution in [3.05, 3.63) is 71.3 Å². The van der Waals surface area contributed by atoms with Gasteiger partial charge in [0.05, 0.1) is 11.8 Å². The zero-order chi connectivity index (χ0) is 21.1. The van der Waals surface area contributed by atoms with Crippen molar-refractivity contribution in [3.8, 4) is 0 Å². The number of likely N-dealkylation sites (N-methyl/N-ethyl adjacent to an activating group) is 1. The van der Waals surface area contributed by atoms with Crippen LogP contribution in [-0.2, 0) is 9.59 Å². The van der Waals surface area contributed by atoms with Gasteiger partial charge in [-0.25, -0.2) is 13.8 Å². The maximum atomic E-state index is 13.4. The Kier molecular flexibility index (Phi) is 6.06. The molecule has 0 saturated heterocycles. The Morgan fingerprint density at radius 1 is 1.07 bits per heavy atom. The maximum absolute atomic E-state index is 13.4. The van der Waals surface area contributed by atoms with E-state index < -0.39 is 6.04 Å². The molecule has 0 spiro atoms. The molecule has 0 fully saturated rings. The van der Waals surface area contributed by atoms with Crippen molar-refractivity contribution < 1.29 is 18.4 Å². The Bertz CT molecular complexity index is 924. The maximum Gasteiger partial charge on any atom is 0.262 e. The molecule has 1 aliphatic rings. The van der Waals surface area contributed by atoms with Crippen LogP contribution in [-0.4, -0.2) is 41.0 Å². The standard InChI is InChI=1S/C22H23F2N3O2/c1-14(2)22(29)26(3)13-21(28)27-20(16-6-10-18(24)11-7-16)12-19(25-27)15-4-8-17(23)9-5-15/h4-11,14,20H,12-13H2,1-3H3/t20-/m1/s1. The van der Waals surface area contributed by atoms with Gasteiger partial charge in [0.2, 0.25) is 5.91 Å². The predicted molar refractivity (Wildman–Crippen MR) is 106 cm³/mol. The van der Waals surface area contributed by atoms with E-state index in [1.54, 1.807) is 45.2 Å². The van der Waals surface area contributed by atoms with E-state index in [0.717, 1.165) is 5.56 Å². The van der Waals surface area contributed by atoms with Gasteiger partial charge in [-0.2, -0.15) is 5.10 Å². The Labute approximate surface area is 168 Å². The predicted octanol–water partition coefficient (Wildman–Crippen LogP) is 3.76. The summed E-state index contributed by atoms with van der Waals surface area (Å²) in [4.78, 5) is 26.5. The van der Waals surface area contributed by atoms with E-state index in [1.807, 2.05) is 0 Å². The number of amides is 2. The van der Waals surface area contributed by atoms with Gasteiger partial charge >= 0.3 is 0 Å². The molecule has 2 amide bonds. The average Bonchev–Trinajstić information content (AvgIpc) is 3.13. The first-order chi connectivity index (χ1) is 13.8. The van der Waals surface area contributed by atoms with Crippen molar-refractivity contribution in [2.45, 2.75) is 26.3 Å². The number of hydrazone groups is 1. The van der Waals surface area contributed by atoms with Crippen LogP contribution in [0.15, 0.2) is 53.6 Å². The summed E-state index contributed by atoms with van der Waals surface area (Å²) in [5.74, 6) is -1.43. The van der Waals surface area contributed by atoms with E-state index >= 15 is 0 Å². The normalized spacial score (nSPS) is 16.1. The van der Waals surface area contributed by atoms with Crippen LogP contribution < -0.4 is 0 Å². The van der Waals surface area contributed by atoms with Gasteiger partial charge < -0.3 is 4.90 Å². The molecule has 1 heterocycles. The molecule has 0 aliphatic carbocycles. The number of rotatable bonds is 5. The molecule has 2 aromatic carbocycles. The minimum atomic E-state index is -0.425. The fraction of sp³-hybridized carbons (Fsp3) is 0.318. The molecule has 1 atom stereocenters. The Morgan fingerprint density at radius 3 is 2.17 bits per heavy atom. The monoisotopic (exact) mass is 399 g/mol. The van der Waals surface area contributed by atoms with E-state index in [9.17, 15) is 18.4 Å². The lowest BCUT2D eigenvalue weighted by molar-refractivity contribution is -0.142. The van der Waals surface area contributed by atoms with E-state index in [0.29, 0.717) is 17.7 Å². The van der Waals surface area contributed by atoms with Gasteiger partial charge in [0, 0.05) is 19.4 Å². The number of hydrogen-bond donors (Lipinski definition) is 0. The summed E-state index contributed by atoms with van der Waals surface area (Å²) in [5, 5.41) is 5.81. The summed E-state index contributed by atoms with van der Waals surface area (Å²) in [6.07, 6.45) is 0.408. The van der Waals surface area contributed by atoms with Crippen LogP contribution in [0.5, 0.6) is 0 Å². The average molecular weight is 399 g/mol.